The van der Waals surface area contributed by atoms with Crippen molar-refractivity contribution in [3.63, 3.8) is 0 Å². The zero-order valence-electron chi connectivity index (χ0n) is 15.2. The van der Waals surface area contributed by atoms with Crippen LogP contribution in [0.4, 0.5) is 11.4 Å². The van der Waals surface area contributed by atoms with E-state index < -0.39 is 4.92 Å². The second kappa shape index (κ2) is 8.39. The molecule has 27 heavy (non-hydrogen) atoms. The lowest BCUT2D eigenvalue weighted by atomic mass is 9.98. The first-order chi connectivity index (χ1) is 12.9. The molecule has 1 aliphatic heterocycles. The molecule has 0 atom stereocenters. The molecule has 0 radical (unpaired) electrons. The quantitative estimate of drug-likeness (QED) is 0.608. The molecule has 0 spiro atoms. The van der Waals surface area contributed by atoms with Gasteiger partial charge in [0.05, 0.1) is 4.92 Å². The topological polar surface area (TPSA) is 75.5 Å². The number of anilines is 1. The number of hydrogen-bond acceptors (Lipinski definition) is 4. The van der Waals surface area contributed by atoms with Crippen molar-refractivity contribution in [2.24, 2.45) is 5.92 Å². The van der Waals surface area contributed by atoms with Gasteiger partial charge < -0.3 is 10.2 Å². The number of piperidine rings is 1. The molecule has 7 heteroatoms. The summed E-state index contributed by atoms with van der Waals surface area (Å²) in [5.41, 5.74) is 1.69. The second-order valence-electron chi connectivity index (χ2n) is 6.94. The molecule has 0 aromatic heterocycles. The second-order valence-corrected chi connectivity index (χ2v) is 7.38. The van der Waals surface area contributed by atoms with E-state index in [0.717, 1.165) is 31.5 Å². The zero-order chi connectivity index (χ0) is 19.4. The van der Waals surface area contributed by atoms with Crippen molar-refractivity contribution in [1.29, 1.82) is 0 Å². The molecular formula is C20H22ClN3O3. The number of nitro benzene ring substituents is 1. The monoisotopic (exact) mass is 387 g/mol. The fourth-order valence-corrected chi connectivity index (χ4v) is 3.47. The highest BCUT2D eigenvalue weighted by Gasteiger charge is 2.24. The van der Waals surface area contributed by atoms with Gasteiger partial charge in [-0.2, -0.15) is 0 Å². The highest BCUT2D eigenvalue weighted by Crippen LogP contribution is 2.32. The number of carbonyl (C=O) groups is 1. The molecule has 1 N–H and O–H groups in total. The molecule has 1 amide bonds. The lowest BCUT2D eigenvalue weighted by Crippen LogP contribution is -2.33. The van der Waals surface area contributed by atoms with Crippen LogP contribution in [-0.2, 0) is 6.54 Å². The first-order valence-electron chi connectivity index (χ1n) is 9.00. The van der Waals surface area contributed by atoms with Crippen molar-refractivity contribution < 1.29 is 9.72 Å². The van der Waals surface area contributed by atoms with E-state index in [1.807, 2.05) is 17.0 Å². The zero-order valence-corrected chi connectivity index (χ0v) is 15.9. The predicted octanol–water partition coefficient (Wildman–Crippen LogP) is 4.41. The van der Waals surface area contributed by atoms with Gasteiger partial charge in [-0.25, -0.2) is 0 Å². The summed E-state index contributed by atoms with van der Waals surface area (Å²) in [6.45, 7) is 4.09. The fraction of sp³-hybridized carbons (Fsp3) is 0.350. The maximum absolute atomic E-state index is 12.4. The van der Waals surface area contributed by atoms with Gasteiger partial charge in [0.1, 0.15) is 5.69 Å². The number of carbonyl (C=O) groups excluding carboxylic acids is 1. The van der Waals surface area contributed by atoms with Crippen molar-refractivity contribution in [2.45, 2.75) is 26.3 Å². The Balaban J connectivity index is 1.75. The van der Waals surface area contributed by atoms with Crippen LogP contribution >= 0.6 is 11.6 Å². The van der Waals surface area contributed by atoms with Gasteiger partial charge in [0.2, 0.25) is 0 Å². The van der Waals surface area contributed by atoms with Crippen molar-refractivity contribution in [1.82, 2.24) is 5.32 Å². The van der Waals surface area contributed by atoms with Gasteiger partial charge in [0, 0.05) is 36.3 Å². The van der Waals surface area contributed by atoms with Gasteiger partial charge in [-0.05, 0) is 48.6 Å². The molecule has 2 aromatic carbocycles. The molecule has 6 nitrogen and oxygen atoms in total. The Labute approximate surface area is 163 Å². The molecule has 1 heterocycles. The lowest BCUT2D eigenvalue weighted by molar-refractivity contribution is -0.384. The highest BCUT2D eigenvalue weighted by molar-refractivity contribution is 6.30. The SMILES string of the molecule is CC1CCN(c2ccc(C(=O)NCc3cccc(Cl)c3)cc2[N+](=O)[O-])CC1. The maximum Gasteiger partial charge on any atom is 0.293 e. The van der Waals surface area contributed by atoms with Crippen LogP contribution in [-0.4, -0.2) is 23.9 Å². The molecule has 1 fully saturated rings. The molecule has 0 bridgehead atoms. The predicted molar refractivity (Wildman–Crippen MR) is 106 cm³/mol. The van der Waals surface area contributed by atoms with Crippen molar-refractivity contribution in [2.75, 3.05) is 18.0 Å². The minimum atomic E-state index is -0.416. The van der Waals surface area contributed by atoms with Gasteiger partial charge in [-0.15, -0.1) is 0 Å². The van der Waals surface area contributed by atoms with E-state index in [2.05, 4.69) is 12.2 Å². The van der Waals surface area contributed by atoms with E-state index in [4.69, 9.17) is 11.6 Å². The van der Waals surface area contributed by atoms with Crippen LogP contribution in [0.1, 0.15) is 35.7 Å². The molecule has 0 aliphatic carbocycles. The van der Waals surface area contributed by atoms with Crippen molar-refractivity contribution >= 4 is 28.9 Å². The number of rotatable bonds is 5. The summed E-state index contributed by atoms with van der Waals surface area (Å²) in [4.78, 5) is 25.6. The standard InChI is InChI=1S/C20H22ClN3O3/c1-14-7-9-23(10-8-14)18-6-5-16(12-19(18)24(26)27)20(25)22-13-15-3-2-4-17(21)11-15/h2-6,11-12,14H,7-10,13H2,1H3,(H,22,25). The summed E-state index contributed by atoms with van der Waals surface area (Å²) in [6, 6.07) is 11.9. The van der Waals surface area contributed by atoms with Crippen LogP contribution < -0.4 is 10.2 Å². The van der Waals surface area contributed by atoms with Crippen LogP contribution in [0.5, 0.6) is 0 Å². The lowest BCUT2D eigenvalue weighted by Gasteiger charge is -2.31. The van der Waals surface area contributed by atoms with Crippen molar-refractivity contribution in [3.05, 3.63) is 68.7 Å². The largest absolute Gasteiger partial charge is 0.366 e. The van der Waals surface area contributed by atoms with Gasteiger partial charge in [0.25, 0.3) is 11.6 Å². The third-order valence-corrected chi connectivity index (χ3v) is 5.14. The van der Waals surface area contributed by atoms with Crippen LogP contribution in [0.3, 0.4) is 0 Å². The molecular weight excluding hydrogens is 366 g/mol. The fourth-order valence-electron chi connectivity index (χ4n) is 3.26. The Bertz CT molecular complexity index is 848. The highest BCUT2D eigenvalue weighted by atomic mass is 35.5. The summed E-state index contributed by atoms with van der Waals surface area (Å²) >= 11 is 5.94. The molecule has 0 saturated carbocycles. The maximum atomic E-state index is 12.4. The third-order valence-electron chi connectivity index (χ3n) is 4.90. The Morgan fingerprint density at radius 3 is 2.67 bits per heavy atom. The average Bonchev–Trinajstić information content (AvgIpc) is 2.66. The molecule has 1 aliphatic rings. The van der Waals surface area contributed by atoms with E-state index in [1.165, 1.54) is 6.07 Å². The summed E-state index contributed by atoms with van der Waals surface area (Å²) in [5.74, 6) is 0.286. The van der Waals surface area contributed by atoms with Crippen LogP contribution in [0, 0.1) is 16.0 Å². The van der Waals surface area contributed by atoms with Crippen LogP contribution in [0.15, 0.2) is 42.5 Å². The number of benzene rings is 2. The van der Waals surface area contributed by atoms with Crippen LogP contribution in [0.25, 0.3) is 0 Å². The average molecular weight is 388 g/mol. The summed E-state index contributed by atoms with van der Waals surface area (Å²) in [7, 11) is 0. The van der Waals surface area contributed by atoms with Crippen molar-refractivity contribution in [3.8, 4) is 0 Å². The van der Waals surface area contributed by atoms with E-state index >= 15 is 0 Å². The number of hydrogen-bond donors (Lipinski definition) is 1. The molecule has 0 unspecified atom stereocenters. The number of halogens is 1. The Kier molecular flexibility index (Phi) is 5.96. The third kappa shape index (κ3) is 4.77. The minimum Gasteiger partial charge on any atom is -0.366 e. The summed E-state index contributed by atoms with van der Waals surface area (Å²) in [6.07, 6.45) is 2.03. The molecule has 142 valence electrons. The number of nitrogens with zero attached hydrogens (tertiary/aromatic N) is 2. The molecule has 3 rings (SSSR count). The summed E-state index contributed by atoms with van der Waals surface area (Å²) < 4.78 is 0. The van der Waals surface area contributed by atoms with Gasteiger partial charge in [-0.1, -0.05) is 30.7 Å². The summed E-state index contributed by atoms with van der Waals surface area (Å²) in [5, 5.41) is 14.9. The first-order valence-corrected chi connectivity index (χ1v) is 9.38. The van der Waals surface area contributed by atoms with Gasteiger partial charge in [0.15, 0.2) is 0 Å². The Morgan fingerprint density at radius 2 is 2.00 bits per heavy atom. The van der Waals surface area contributed by atoms with Gasteiger partial charge in [-0.3, -0.25) is 14.9 Å². The smallest absolute Gasteiger partial charge is 0.293 e. The Morgan fingerprint density at radius 1 is 1.26 bits per heavy atom. The number of amides is 1. The first kappa shape index (κ1) is 19.2. The number of nitro groups is 1. The normalized spacial score (nSPS) is 14.8. The van der Waals surface area contributed by atoms with E-state index in [0.29, 0.717) is 23.2 Å². The molecule has 1 saturated heterocycles. The van der Waals surface area contributed by atoms with E-state index in [1.54, 1.807) is 24.3 Å². The van der Waals surface area contributed by atoms with E-state index in [-0.39, 0.29) is 17.2 Å². The minimum absolute atomic E-state index is 0.0278. The number of nitrogens with one attached hydrogen (secondary N) is 1. The van der Waals surface area contributed by atoms with Crippen LogP contribution in [0.2, 0.25) is 5.02 Å². The van der Waals surface area contributed by atoms with E-state index in [9.17, 15) is 14.9 Å². The molecule has 2 aromatic rings. The van der Waals surface area contributed by atoms with Gasteiger partial charge >= 0.3 is 0 Å². The Hall–Kier alpha value is -2.60.